The van der Waals surface area contributed by atoms with Gasteiger partial charge in [-0.15, -0.1) is 0 Å². The highest BCUT2D eigenvalue weighted by Gasteiger charge is 2.23. The van der Waals surface area contributed by atoms with Gasteiger partial charge in [0.25, 0.3) is 0 Å². The lowest BCUT2D eigenvalue weighted by Crippen LogP contribution is -2.35. The van der Waals surface area contributed by atoms with Gasteiger partial charge in [0.15, 0.2) is 11.6 Å². The fraction of sp³-hybridized carbons (Fsp3) is 0.556. The van der Waals surface area contributed by atoms with E-state index < -0.39 is 11.7 Å². The Morgan fingerprint density at radius 1 is 0.903 bits per heavy atom. The van der Waals surface area contributed by atoms with Crippen molar-refractivity contribution in [2.45, 2.75) is 98.2 Å². The topological polar surface area (TPSA) is 74.6 Å². The summed E-state index contributed by atoms with van der Waals surface area (Å²) in [6, 6.07) is 0. The number of rotatable bonds is 12. The number of aliphatic hydroxyl groups excluding tert-OH is 1. The van der Waals surface area contributed by atoms with Crippen molar-refractivity contribution in [2.24, 2.45) is 0 Å². The molecule has 0 aromatic rings. The van der Waals surface area contributed by atoms with Gasteiger partial charge < -0.3 is 10.2 Å². The molecule has 0 spiro atoms. The lowest BCUT2D eigenvalue weighted by Gasteiger charge is -2.24. The van der Waals surface area contributed by atoms with Crippen LogP contribution >= 0.6 is 0 Å². The predicted molar refractivity (Wildman–Crippen MR) is 128 cm³/mol. The van der Waals surface area contributed by atoms with Gasteiger partial charge in [0, 0.05) is 11.1 Å². The lowest BCUT2D eigenvalue weighted by atomic mass is 9.95. The van der Waals surface area contributed by atoms with Crippen LogP contribution in [0.5, 0.6) is 0 Å². The van der Waals surface area contributed by atoms with Crippen LogP contribution in [-0.2, 0) is 9.59 Å². The molecule has 0 aromatic heterocycles. The molecule has 0 radical (unpaired) electrons. The summed E-state index contributed by atoms with van der Waals surface area (Å²) in [6.07, 6.45) is 14.4. The average molecular weight is 429 g/mol. The van der Waals surface area contributed by atoms with Gasteiger partial charge in [0.1, 0.15) is 0 Å². The van der Waals surface area contributed by atoms with Crippen molar-refractivity contribution in [3.8, 4) is 0 Å². The summed E-state index contributed by atoms with van der Waals surface area (Å²) in [5.74, 6) is -0.133. The molecule has 0 aromatic carbocycles. The maximum absolute atomic E-state index is 12.0. The Kier molecular flexibility index (Phi) is 11.1. The number of hydrogen-bond acceptors (Lipinski definition) is 4. The summed E-state index contributed by atoms with van der Waals surface area (Å²) in [5, 5.41) is 19.7. The van der Waals surface area contributed by atoms with Crippen LogP contribution in [0.1, 0.15) is 86.5 Å². The van der Waals surface area contributed by atoms with Crippen molar-refractivity contribution in [3.05, 3.63) is 58.2 Å². The van der Waals surface area contributed by atoms with Crippen molar-refractivity contribution in [1.29, 1.82) is 0 Å². The van der Waals surface area contributed by atoms with Gasteiger partial charge in [0.2, 0.25) is 0 Å². The molecule has 0 fully saturated rings. The van der Waals surface area contributed by atoms with E-state index >= 15 is 0 Å². The Morgan fingerprint density at radius 3 is 1.97 bits per heavy atom. The van der Waals surface area contributed by atoms with Crippen molar-refractivity contribution < 1.29 is 19.8 Å². The Balaban J connectivity index is 2.36. The molecule has 0 amide bonds. The van der Waals surface area contributed by atoms with E-state index in [1.54, 1.807) is 20.8 Å². The molecule has 4 heteroatoms. The Labute approximate surface area is 188 Å². The van der Waals surface area contributed by atoms with Crippen LogP contribution in [0.3, 0.4) is 0 Å². The molecule has 1 rings (SSSR count). The van der Waals surface area contributed by atoms with E-state index in [9.17, 15) is 19.8 Å². The fourth-order valence-corrected chi connectivity index (χ4v) is 3.26. The first-order valence-corrected chi connectivity index (χ1v) is 11.2. The minimum Gasteiger partial charge on any atom is -0.390 e. The van der Waals surface area contributed by atoms with Gasteiger partial charge in [-0.25, -0.2) is 0 Å². The Morgan fingerprint density at radius 2 is 1.42 bits per heavy atom. The van der Waals surface area contributed by atoms with Crippen molar-refractivity contribution >= 4 is 11.6 Å². The Bertz CT molecular complexity index is 798. The second-order valence-electron chi connectivity index (χ2n) is 9.37. The summed E-state index contributed by atoms with van der Waals surface area (Å²) in [7, 11) is 0. The molecule has 0 saturated heterocycles. The normalized spacial score (nSPS) is 17.6. The highest BCUT2D eigenvalue weighted by atomic mass is 16.3. The van der Waals surface area contributed by atoms with E-state index in [1.165, 1.54) is 28.9 Å². The van der Waals surface area contributed by atoms with Crippen LogP contribution < -0.4 is 0 Å². The van der Waals surface area contributed by atoms with Crippen LogP contribution in [0.4, 0.5) is 0 Å². The molecule has 1 aliphatic rings. The molecule has 0 bridgehead atoms. The maximum Gasteiger partial charge on any atom is 0.182 e. The van der Waals surface area contributed by atoms with Crippen LogP contribution in [-0.4, -0.2) is 33.5 Å². The summed E-state index contributed by atoms with van der Waals surface area (Å²) in [4.78, 5) is 23.7. The SMILES string of the molecule is CC(=CCC/C(C)=C/CC1=CC(=O)C(C)=CC1=O)CC/C=C(\C)CC[C@H](O)C(C)(C)O. The summed E-state index contributed by atoms with van der Waals surface area (Å²) in [6.45, 7) is 11.2. The number of ketones is 2. The minimum atomic E-state index is -1.05. The zero-order chi connectivity index (χ0) is 23.6. The number of allylic oxidation sites excluding steroid dienone is 10. The van der Waals surface area contributed by atoms with E-state index in [1.807, 2.05) is 6.08 Å². The first kappa shape index (κ1) is 27.0. The fourth-order valence-electron chi connectivity index (χ4n) is 3.26. The van der Waals surface area contributed by atoms with E-state index in [-0.39, 0.29) is 11.6 Å². The van der Waals surface area contributed by atoms with E-state index in [4.69, 9.17) is 0 Å². The highest BCUT2D eigenvalue weighted by Crippen LogP contribution is 2.19. The molecule has 0 saturated carbocycles. The zero-order valence-corrected chi connectivity index (χ0v) is 20.1. The van der Waals surface area contributed by atoms with Gasteiger partial charge in [-0.05, 0) is 98.6 Å². The molecule has 1 atom stereocenters. The zero-order valence-electron chi connectivity index (χ0n) is 20.1. The van der Waals surface area contributed by atoms with Crippen LogP contribution in [0.15, 0.2) is 58.2 Å². The predicted octanol–water partition coefficient (Wildman–Crippen LogP) is 5.71. The van der Waals surface area contributed by atoms with Gasteiger partial charge in [0.05, 0.1) is 11.7 Å². The van der Waals surface area contributed by atoms with Crippen LogP contribution in [0.2, 0.25) is 0 Å². The highest BCUT2D eigenvalue weighted by molar-refractivity contribution is 6.19. The van der Waals surface area contributed by atoms with Gasteiger partial charge in [-0.1, -0.05) is 34.9 Å². The minimum absolute atomic E-state index is 0.0604. The Hall–Kier alpha value is -2.04. The first-order chi connectivity index (χ1) is 14.4. The van der Waals surface area contributed by atoms with Crippen molar-refractivity contribution in [1.82, 2.24) is 0 Å². The van der Waals surface area contributed by atoms with Crippen molar-refractivity contribution in [3.63, 3.8) is 0 Å². The molecule has 1 aliphatic carbocycles. The van der Waals surface area contributed by atoms with E-state index in [0.717, 1.165) is 32.1 Å². The molecule has 4 nitrogen and oxygen atoms in total. The molecule has 0 unspecified atom stereocenters. The smallest absolute Gasteiger partial charge is 0.182 e. The third-order valence-corrected chi connectivity index (χ3v) is 5.72. The van der Waals surface area contributed by atoms with Crippen LogP contribution in [0, 0.1) is 0 Å². The molecule has 0 heterocycles. The maximum atomic E-state index is 12.0. The van der Waals surface area contributed by atoms with Gasteiger partial charge in [-0.3, -0.25) is 9.59 Å². The number of carbonyl (C=O) groups is 2. The first-order valence-electron chi connectivity index (χ1n) is 11.2. The summed E-state index contributed by atoms with van der Waals surface area (Å²) < 4.78 is 0. The number of hydrogen-bond donors (Lipinski definition) is 2. The van der Waals surface area contributed by atoms with Crippen molar-refractivity contribution in [2.75, 3.05) is 0 Å². The molecule has 0 aliphatic heterocycles. The van der Waals surface area contributed by atoms with Crippen LogP contribution in [0.25, 0.3) is 0 Å². The summed E-state index contributed by atoms with van der Waals surface area (Å²) in [5.41, 5.74) is 3.83. The average Bonchev–Trinajstić information content (AvgIpc) is 2.67. The lowest BCUT2D eigenvalue weighted by molar-refractivity contribution is -0.115. The molecule has 172 valence electrons. The molecular formula is C27H40O4. The number of carbonyl (C=O) groups excluding carboxylic acids is 2. The third-order valence-electron chi connectivity index (χ3n) is 5.72. The van der Waals surface area contributed by atoms with Gasteiger partial charge in [-0.2, -0.15) is 0 Å². The van der Waals surface area contributed by atoms with E-state index in [2.05, 4.69) is 32.9 Å². The third kappa shape index (κ3) is 10.7. The monoisotopic (exact) mass is 428 g/mol. The largest absolute Gasteiger partial charge is 0.390 e. The van der Waals surface area contributed by atoms with E-state index in [0.29, 0.717) is 24.0 Å². The standard InChI is InChI=1S/C27H40O4/c1-19(10-8-12-21(3)14-16-26(30)27(5,6)31)9-7-11-20(2)13-15-23-18-24(28)22(4)17-25(23)29/h9,12-13,17-18,26,30-31H,7-8,10-11,14-16H2,1-6H3/b19-9?,20-13+,21-12+/t26-/m0/s1. The quantitative estimate of drug-likeness (QED) is 0.308. The number of aliphatic hydroxyl groups is 2. The van der Waals surface area contributed by atoms with Gasteiger partial charge >= 0.3 is 0 Å². The second-order valence-corrected chi connectivity index (χ2v) is 9.37. The second kappa shape index (κ2) is 12.7. The summed E-state index contributed by atoms with van der Waals surface area (Å²) >= 11 is 0. The molecule has 2 N–H and O–H groups in total. The molecular weight excluding hydrogens is 388 g/mol. The molecule has 31 heavy (non-hydrogen) atoms.